The molecule has 2 rings (SSSR count). The maximum Gasteiger partial charge on any atom is 0.134 e. The average molecular weight is 204 g/mol. The van der Waals surface area contributed by atoms with E-state index in [0.717, 1.165) is 16.6 Å². The summed E-state index contributed by atoms with van der Waals surface area (Å²) in [4.78, 5) is 17.4. The van der Waals surface area contributed by atoms with Crippen LogP contribution in [-0.2, 0) is 6.42 Å². The van der Waals surface area contributed by atoms with Gasteiger partial charge in [-0.2, -0.15) is 0 Å². The number of pyridine rings is 1. The van der Waals surface area contributed by atoms with Crippen molar-refractivity contribution in [3.8, 4) is 0 Å². The molecule has 5 heteroatoms. The van der Waals surface area contributed by atoms with Crippen LogP contribution in [0, 0.1) is 0 Å². The first-order chi connectivity index (χ1) is 7.27. The molecule has 2 aromatic heterocycles. The number of amides is 1. The topological polar surface area (TPSA) is 80.8 Å². The summed E-state index contributed by atoms with van der Waals surface area (Å²) >= 11 is 0. The van der Waals surface area contributed by atoms with Gasteiger partial charge < -0.3 is 20.2 Å². The molecule has 0 aliphatic rings. The molecule has 2 heterocycles. The number of aromatic amines is 1. The van der Waals surface area contributed by atoms with E-state index in [-0.39, 0.29) is 0 Å². The van der Waals surface area contributed by atoms with E-state index >= 15 is 0 Å². The molecule has 15 heavy (non-hydrogen) atoms. The predicted molar refractivity (Wildman–Crippen MR) is 53.2 cm³/mol. The van der Waals surface area contributed by atoms with E-state index < -0.39 is 6.09 Å². The molecule has 0 saturated carbocycles. The van der Waals surface area contributed by atoms with Gasteiger partial charge in [0.15, 0.2) is 0 Å². The zero-order valence-corrected chi connectivity index (χ0v) is 7.99. The van der Waals surface area contributed by atoms with Crippen molar-refractivity contribution in [2.45, 2.75) is 6.42 Å². The van der Waals surface area contributed by atoms with Crippen molar-refractivity contribution in [2.24, 2.45) is 0 Å². The summed E-state index contributed by atoms with van der Waals surface area (Å²) in [5.74, 6) is 0. The third-order valence-corrected chi connectivity index (χ3v) is 2.18. The van der Waals surface area contributed by atoms with Crippen LogP contribution in [0.15, 0.2) is 24.5 Å². The molecule has 0 fully saturated rings. The van der Waals surface area contributed by atoms with Crippen molar-refractivity contribution in [1.29, 1.82) is 0 Å². The van der Waals surface area contributed by atoms with Gasteiger partial charge in [-0.15, -0.1) is 0 Å². The third-order valence-electron chi connectivity index (χ3n) is 2.18. The highest BCUT2D eigenvalue weighted by Crippen LogP contribution is 2.14. The maximum absolute atomic E-state index is 10.1. The lowest BCUT2D eigenvalue weighted by atomic mass is 10.2. The van der Waals surface area contributed by atoms with Crippen molar-refractivity contribution >= 4 is 17.1 Å². The van der Waals surface area contributed by atoms with E-state index in [4.69, 9.17) is 0 Å². The number of H-pyrrole nitrogens is 1. The summed E-state index contributed by atoms with van der Waals surface area (Å²) in [5.41, 5.74) is 2.85. The number of aromatic nitrogens is 2. The van der Waals surface area contributed by atoms with Crippen LogP contribution in [0.5, 0.6) is 0 Å². The van der Waals surface area contributed by atoms with E-state index in [1.165, 1.54) is 0 Å². The molecule has 0 unspecified atom stereocenters. The molecular weight excluding hydrogens is 194 g/mol. The first-order valence-electron chi connectivity index (χ1n) is 4.63. The van der Waals surface area contributed by atoms with Gasteiger partial charge >= 0.3 is 0 Å². The van der Waals surface area contributed by atoms with Crippen molar-refractivity contribution in [3.63, 3.8) is 0 Å². The van der Waals surface area contributed by atoms with E-state index in [9.17, 15) is 9.90 Å². The summed E-state index contributed by atoms with van der Waals surface area (Å²) in [6.07, 6.45) is 2.91. The first kappa shape index (κ1) is 9.51. The van der Waals surface area contributed by atoms with Gasteiger partial charge in [-0.1, -0.05) is 0 Å². The van der Waals surface area contributed by atoms with Gasteiger partial charge in [-0.05, 0) is 24.1 Å². The number of nitrogens with zero attached hydrogens (tertiary/aromatic N) is 1. The van der Waals surface area contributed by atoms with E-state index in [1.54, 1.807) is 6.20 Å². The Bertz CT molecular complexity index is 478. The van der Waals surface area contributed by atoms with Crippen LogP contribution in [0.2, 0.25) is 0 Å². The zero-order valence-electron chi connectivity index (χ0n) is 7.99. The summed E-state index contributed by atoms with van der Waals surface area (Å²) in [6, 6.07) is 3.78. The zero-order chi connectivity index (χ0) is 10.7. The third kappa shape index (κ3) is 2.07. The number of nitrogens with one attached hydrogen (secondary N) is 2. The largest absolute Gasteiger partial charge is 0.530 e. The van der Waals surface area contributed by atoms with Crippen LogP contribution in [0.4, 0.5) is 4.79 Å². The van der Waals surface area contributed by atoms with Crippen LogP contribution < -0.4 is 10.4 Å². The Labute approximate surface area is 86.1 Å². The van der Waals surface area contributed by atoms with E-state index in [1.807, 2.05) is 18.3 Å². The molecule has 0 saturated heterocycles. The fourth-order valence-corrected chi connectivity index (χ4v) is 1.50. The SMILES string of the molecule is O=C([O-])NCCc1c[nH]c2cccnc12. The molecule has 0 bridgehead atoms. The standard InChI is InChI=1S/C10H11N3O2/c14-10(15)12-5-3-7-6-13-8-2-1-4-11-9(7)8/h1-2,4,6,12-13H,3,5H2,(H,14,15)/p-1. The van der Waals surface area contributed by atoms with Gasteiger partial charge in [0.1, 0.15) is 6.09 Å². The van der Waals surface area contributed by atoms with Gasteiger partial charge in [0.05, 0.1) is 11.0 Å². The number of carboxylic acid groups (broad SMARTS) is 1. The smallest absolute Gasteiger partial charge is 0.134 e. The molecule has 1 amide bonds. The Morgan fingerprint density at radius 1 is 1.60 bits per heavy atom. The van der Waals surface area contributed by atoms with Gasteiger partial charge in [0, 0.05) is 18.9 Å². The Hall–Kier alpha value is -2.04. The Morgan fingerprint density at radius 3 is 3.27 bits per heavy atom. The average Bonchev–Trinajstić information content (AvgIpc) is 2.62. The highest BCUT2D eigenvalue weighted by Gasteiger charge is 2.02. The fraction of sp³-hybridized carbons (Fsp3) is 0.200. The van der Waals surface area contributed by atoms with Crippen molar-refractivity contribution < 1.29 is 9.90 Å². The number of hydrogen-bond acceptors (Lipinski definition) is 3. The van der Waals surface area contributed by atoms with Crippen molar-refractivity contribution in [2.75, 3.05) is 6.54 Å². The second-order valence-corrected chi connectivity index (χ2v) is 3.18. The van der Waals surface area contributed by atoms with Gasteiger partial charge in [0.2, 0.25) is 0 Å². The van der Waals surface area contributed by atoms with Gasteiger partial charge in [0.25, 0.3) is 0 Å². The lowest BCUT2D eigenvalue weighted by molar-refractivity contribution is -0.250. The number of fused-ring (bicyclic) bond motifs is 1. The van der Waals surface area contributed by atoms with Gasteiger partial charge in [-0.3, -0.25) is 4.98 Å². The number of rotatable bonds is 3. The minimum Gasteiger partial charge on any atom is -0.530 e. The van der Waals surface area contributed by atoms with Crippen molar-refractivity contribution in [3.05, 3.63) is 30.1 Å². The highest BCUT2D eigenvalue weighted by molar-refractivity contribution is 5.78. The molecular formula is C10H10N3O2-. The summed E-state index contributed by atoms with van der Waals surface area (Å²) in [5, 5.41) is 12.4. The molecule has 5 nitrogen and oxygen atoms in total. The van der Waals surface area contributed by atoms with Crippen LogP contribution in [0.25, 0.3) is 11.0 Å². The quantitative estimate of drug-likeness (QED) is 0.740. The normalized spacial score (nSPS) is 10.4. The molecule has 0 spiro atoms. The highest BCUT2D eigenvalue weighted by atomic mass is 16.4. The molecule has 78 valence electrons. The Morgan fingerprint density at radius 2 is 2.47 bits per heavy atom. The van der Waals surface area contributed by atoms with Gasteiger partial charge in [-0.25, -0.2) is 0 Å². The number of carbonyl (C=O) groups excluding carboxylic acids is 1. The fourth-order valence-electron chi connectivity index (χ4n) is 1.50. The maximum atomic E-state index is 10.1. The minimum atomic E-state index is -1.25. The lowest BCUT2D eigenvalue weighted by Crippen LogP contribution is -2.37. The summed E-state index contributed by atoms with van der Waals surface area (Å²) in [6.45, 7) is 0.339. The first-order valence-corrected chi connectivity index (χ1v) is 4.63. The molecule has 2 aromatic rings. The lowest BCUT2D eigenvalue weighted by Gasteiger charge is -2.04. The van der Waals surface area contributed by atoms with Crippen LogP contribution in [0.1, 0.15) is 5.56 Å². The molecule has 2 N–H and O–H groups in total. The Kier molecular flexibility index (Phi) is 2.53. The minimum absolute atomic E-state index is 0.339. The second kappa shape index (κ2) is 4.00. The van der Waals surface area contributed by atoms with E-state index in [2.05, 4.69) is 15.3 Å². The molecule has 0 aromatic carbocycles. The number of carbonyl (C=O) groups is 1. The summed E-state index contributed by atoms with van der Waals surface area (Å²) < 4.78 is 0. The summed E-state index contributed by atoms with van der Waals surface area (Å²) in [7, 11) is 0. The van der Waals surface area contributed by atoms with Crippen LogP contribution in [-0.4, -0.2) is 22.6 Å². The monoisotopic (exact) mass is 204 g/mol. The molecule has 0 aliphatic heterocycles. The molecule has 0 aliphatic carbocycles. The van der Waals surface area contributed by atoms with Crippen LogP contribution >= 0.6 is 0 Å². The number of hydrogen-bond donors (Lipinski definition) is 2. The molecule has 0 radical (unpaired) electrons. The van der Waals surface area contributed by atoms with Crippen LogP contribution in [0.3, 0.4) is 0 Å². The second-order valence-electron chi connectivity index (χ2n) is 3.18. The van der Waals surface area contributed by atoms with E-state index in [0.29, 0.717) is 13.0 Å². The van der Waals surface area contributed by atoms with Crippen molar-refractivity contribution in [1.82, 2.24) is 15.3 Å². The molecule has 0 atom stereocenters. The predicted octanol–water partition coefficient (Wildman–Crippen LogP) is 0.0383. The Balaban J connectivity index is 2.11.